The lowest BCUT2D eigenvalue weighted by molar-refractivity contribution is -0.150. The summed E-state index contributed by atoms with van der Waals surface area (Å²) in [5.74, 6) is 0.379. The van der Waals surface area contributed by atoms with E-state index in [0.717, 1.165) is 32.1 Å². The highest BCUT2D eigenvalue weighted by atomic mass is 16.6. The van der Waals surface area contributed by atoms with Gasteiger partial charge in [0, 0.05) is 26.6 Å². The van der Waals surface area contributed by atoms with Crippen molar-refractivity contribution in [2.45, 2.75) is 124 Å². The smallest absolute Gasteiger partial charge is 0.417 e. The van der Waals surface area contributed by atoms with Crippen LogP contribution in [0.2, 0.25) is 0 Å². The van der Waals surface area contributed by atoms with Crippen LogP contribution in [0.4, 0.5) is 9.59 Å². The van der Waals surface area contributed by atoms with Gasteiger partial charge in [0.25, 0.3) is 0 Å². The number of nitrogens with one attached hydrogen (secondary N) is 1. The minimum absolute atomic E-state index is 0.00875. The maximum atomic E-state index is 11.2. The highest BCUT2D eigenvalue weighted by molar-refractivity contribution is 5.87. The maximum Gasteiger partial charge on any atom is 0.417 e. The van der Waals surface area contributed by atoms with Crippen LogP contribution in [0, 0.1) is 5.92 Å². The molecular formula is C25H49NO8. The Morgan fingerprint density at radius 3 is 1.88 bits per heavy atom. The number of hydrogen-bond donors (Lipinski definition) is 2. The van der Waals surface area contributed by atoms with Gasteiger partial charge in [0.15, 0.2) is 0 Å². The highest BCUT2D eigenvalue weighted by Gasteiger charge is 2.22. The van der Waals surface area contributed by atoms with E-state index in [0.29, 0.717) is 18.9 Å². The van der Waals surface area contributed by atoms with Crippen LogP contribution in [0.1, 0.15) is 101 Å². The van der Waals surface area contributed by atoms with Crippen molar-refractivity contribution in [2.24, 2.45) is 5.92 Å². The van der Waals surface area contributed by atoms with Crippen LogP contribution in [0.3, 0.4) is 0 Å². The van der Waals surface area contributed by atoms with E-state index >= 15 is 0 Å². The molecule has 0 bridgehead atoms. The van der Waals surface area contributed by atoms with E-state index in [9.17, 15) is 14.4 Å². The van der Waals surface area contributed by atoms with Crippen molar-refractivity contribution in [3.63, 3.8) is 0 Å². The molecule has 0 aromatic rings. The monoisotopic (exact) mass is 491 g/mol. The standard InChI is InChI=1S/C11H20O3.C10H19NO4.C4H10O/c1-9-8-10(13-2)6-4-3-5-7-11(12)14-9;1-9(2,3)14-7(12)11-8(13)15-10(4,5)6;1-4(2)3-5/h9-10H,3-8H2,1-2H3;1-6H3,(H,11,12,13);4-5H,3H2,1-2H3. The summed E-state index contributed by atoms with van der Waals surface area (Å²) in [5, 5.41) is 10.1. The summed E-state index contributed by atoms with van der Waals surface area (Å²) in [5.41, 5.74) is -1.27. The molecule has 0 saturated carbocycles. The summed E-state index contributed by atoms with van der Waals surface area (Å²) in [4.78, 5) is 33.5. The van der Waals surface area contributed by atoms with E-state index in [-0.39, 0.29) is 18.2 Å². The fourth-order valence-electron chi connectivity index (χ4n) is 2.54. The quantitative estimate of drug-likeness (QED) is 0.391. The summed E-state index contributed by atoms with van der Waals surface area (Å²) < 4.78 is 20.3. The molecule has 0 aromatic heterocycles. The van der Waals surface area contributed by atoms with Crippen LogP contribution >= 0.6 is 0 Å². The van der Waals surface area contributed by atoms with Crippen LogP contribution in [0.15, 0.2) is 0 Å². The Hall–Kier alpha value is -1.87. The number of carbonyl (C=O) groups excluding carboxylic acids is 3. The molecule has 0 radical (unpaired) electrons. The van der Waals surface area contributed by atoms with Crippen LogP contribution < -0.4 is 5.32 Å². The number of amides is 2. The second-order valence-electron chi connectivity index (χ2n) is 10.7. The largest absolute Gasteiger partial charge is 0.463 e. The van der Waals surface area contributed by atoms with Gasteiger partial charge >= 0.3 is 18.2 Å². The van der Waals surface area contributed by atoms with E-state index in [1.165, 1.54) is 0 Å². The Kier molecular flexibility index (Phi) is 17.7. The Bertz CT molecular complexity index is 552. The molecule has 1 saturated heterocycles. The van der Waals surface area contributed by atoms with Crippen molar-refractivity contribution in [1.82, 2.24) is 5.32 Å². The zero-order valence-corrected chi connectivity index (χ0v) is 23.0. The van der Waals surface area contributed by atoms with E-state index in [4.69, 9.17) is 24.1 Å². The highest BCUT2D eigenvalue weighted by Crippen LogP contribution is 2.17. The summed E-state index contributed by atoms with van der Waals surface area (Å²) >= 11 is 0. The van der Waals surface area contributed by atoms with Gasteiger partial charge in [0.1, 0.15) is 17.3 Å². The van der Waals surface area contributed by atoms with Crippen LogP contribution in [0.5, 0.6) is 0 Å². The molecule has 34 heavy (non-hydrogen) atoms. The summed E-state index contributed by atoms with van der Waals surface area (Å²) in [7, 11) is 1.73. The number of rotatable bonds is 2. The van der Waals surface area contributed by atoms with Crippen LogP contribution in [0.25, 0.3) is 0 Å². The van der Waals surface area contributed by atoms with E-state index < -0.39 is 23.4 Å². The van der Waals surface area contributed by atoms with Crippen molar-refractivity contribution in [2.75, 3.05) is 13.7 Å². The molecule has 2 amide bonds. The summed E-state index contributed by atoms with van der Waals surface area (Å²) in [6.45, 7) is 16.4. The van der Waals surface area contributed by atoms with Gasteiger partial charge in [-0.05, 0) is 67.2 Å². The van der Waals surface area contributed by atoms with Gasteiger partial charge in [-0.1, -0.05) is 26.7 Å². The minimum Gasteiger partial charge on any atom is -0.463 e. The molecule has 2 N–H and O–H groups in total. The zero-order chi connectivity index (χ0) is 26.9. The Morgan fingerprint density at radius 1 is 1.03 bits per heavy atom. The fourth-order valence-corrected chi connectivity index (χ4v) is 2.54. The molecule has 1 fully saturated rings. The lowest BCUT2D eigenvalue weighted by Crippen LogP contribution is -2.39. The maximum absolute atomic E-state index is 11.2. The second-order valence-corrected chi connectivity index (χ2v) is 10.7. The number of alkyl carbamates (subject to hydrolysis) is 2. The van der Waals surface area contributed by atoms with E-state index in [1.807, 2.05) is 26.1 Å². The molecule has 1 aliphatic heterocycles. The van der Waals surface area contributed by atoms with Crippen molar-refractivity contribution >= 4 is 18.2 Å². The number of ether oxygens (including phenoxy) is 4. The van der Waals surface area contributed by atoms with E-state index in [1.54, 1.807) is 48.7 Å². The summed E-state index contributed by atoms with van der Waals surface area (Å²) in [6.07, 6.45) is 4.29. The first kappa shape index (κ1) is 34.3. The molecule has 1 aliphatic rings. The number of carbonyl (C=O) groups is 3. The third kappa shape index (κ3) is 24.8. The van der Waals surface area contributed by atoms with Gasteiger partial charge in [-0.25, -0.2) is 14.9 Å². The molecule has 0 spiro atoms. The normalized spacial score (nSPS) is 19.4. The number of aliphatic hydroxyl groups is 1. The molecule has 9 heteroatoms. The molecule has 1 heterocycles. The van der Waals surface area contributed by atoms with E-state index in [2.05, 4.69) is 0 Å². The Balaban J connectivity index is 0. The molecule has 2 atom stereocenters. The number of imide groups is 1. The molecular weight excluding hydrogens is 442 g/mol. The predicted octanol–water partition coefficient (Wildman–Crippen LogP) is 5.37. The van der Waals surface area contributed by atoms with Gasteiger partial charge in [0.05, 0.1) is 6.10 Å². The number of aliphatic hydroxyl groups excluding tert-OH is 1. The Labute approximate surface area is 206 Å². The first-order chi connectivity index (χ1) is 15.5. The fraction of sp³-hybridized carbons (Fsp3) is 0.880. The molecule has 0 aliphatic carbocycles. The molecule has 0 aromatic carbocycles. The topological polar surface area (TPSA) is 120 Å². The predicted molar refractivity (Wildman–Crippen MR) is 132 cm³/mol. The van der Waals surface area contributed by atoms with Crippen LogP contribution in [-0.2, 0) is 23.7 Å². The van der Waals surface area contributed by atoms with Crippen LogP contribution in [-0.4, -0.2) is 60.4 Å². The molecule has 2 unspecified atom stereocenters. The lowest BCUT2D eigenvalue weighted by atomic mass is 10.0. The van der Waals surface area contributed by atoms with Crippen molar-refractivity contribution < 1.29 is 38.4 Å². The summed E-state index contributed by atoms with van der Waals surface area (Å²) in [6, 6.07) is 0. The average molecular weight is 492 g/mol. The molecule has 1 rings (SSSR count). The minimum atomic E-state index is -0.809. The first-order valence-electron chi connectivity index (χ1n) is 12.0. The number of methoxy groups -OCH3 is 1. The third-order valence-electron chi connectivity index (χ3n) is 4.03. The van der Waals surface area contributed by atoms with Gasteiger partial charge in [-0.15, -0.1) is 0 Å². The molecule has 202 valence electrons. The lowest BCUT2D eigenvalue weighted by Gasteiger charge is -2.22. The third-order valence-corrected chi connectivity index (χ3v) is 4.03. The van der Waals surface area contributed by atoms with Gasteiger partial charge in [-0.3, -0.25) is 4.79 Å². The van der Waals surface area contributed by atoms with Crippen molar-refractivity contribution in [3.05, 3.63) is 0 Å². The van der Waals surface area contributed by atoms with Crippen molar-refractivity contribution in [1.29, 1.82) is 0 Å². The van der Waals surface area contributed by atoms with Crippen molar-refractivity contribution in [3.8, 4) is 0 Å². The van der Waals surface area contributed by atoms with Gasteiger partial charge in [0.2, 0.25) is 0 Å². The average Bonchev–Trinajstić information content (AvgIpc) is 2.64. The number of hydrogen-bond acceptors (Lipinski definition) is 8. The first-order valence-corrected chi connectivity index (χ1v) is 12.0. The van der Waals surface area contributed by atoms with Gasteiger partial charge < -0.3 is 24.1 Å². The number of cyclic esters (lactones) is 1. The van der Waals surface area contributed by atoms with Gasteiger partial charge in [-0.2, -0.15) is 0 Å². The molecule has 9 nitrogen and oxygen atoms in total. The zero-order valence-electron chi connectivity index (χ0n) is 23.0. The second kappa shape index (κ2) is 17.5. The SMILES string of the molecule is CC(C)(C)OC(=O)NC(=O)OC(C)(C)C.CC(C)CO.COC1CCCCCC(=O)OC(C)C1. The Morgan fingerprint density at radius 2 is 1.50 bits per heavy atom. The number of esters is 1.